The van der Waals surface area contributed by atoms with E-state index in [0.29, 0.717) is 5.92 Å². The van der Waals surface area contributed by atoms with Crippen LogP contribution in [0.2, 0.25) is 0 Å². The number of nitrogens with zero attached hydrogens (tertiary/aromatic N) is 3. The van der Waals surface area contributed by atoms with Gasteiger partial charge in [-0.3, -0.25) is 4.68 Å². The zero-order chi connectivity index (χ0) is 14.4. The molecule has 0 amide bonds. The van der Waals surface area contributed by atoms with Gasteiger partial charge in [0.2, 0.25) is 5.95 Å². The summed E-state index contributed by atoms with van der Waals surface area (Å²) >= 11 is 3.52. The Balaban J connectivity index is 1.57. The fourth-order valence-corrected chi connectivity index (χ4v) is 3.11. The topological polar surface area (TPSA) is 58.5 Å². The van der Waals surface area contributed by atoms with Crippen molar-refractivity contribution >= 4 is 32.9 Å². The lowest BCUT2D eigenvalue weighted by Crippen LogP contribution is -2.02. The third kappa shape index (κ3) is 2.44. The van der Waals surface area contributed by atoms with Crippen LogP contribution in [0.5, 0.6) is 0 Å². The van der Waals surface area contributed by atoms with Crippen LogP contribution in [0.4, 0.5) is 5.95 Å². The van der Waals surface area contributed by atoms with Gasteiger partial charge in [-0.15, -0.1) is 0 Å². The number of para-hydroxylation sites is 1. The van der Waals surface area contributed by atoms with Crippen molar-refractivity contribution in [3.8, 4) is 0 Å². The number of rotatable bonds is 4. The number of benzene rings is 1. The summed E-state index contributed by atoms with van der Waals surface area (Å²) in [5, 5.41) is 7.95. The molecule has 1 fully saturated rings. The van der Waals surface area contributed by atoms with E-state index in [0.717, 1.165) is 28.0 Å². The van der Waals surface area contributed by atoms with Crippen molar-refractivity contribution in [3.63, 3.8) is 0 Å². The predicted octanol–water partition coefficient (Wildman–Crippen LogP) is 3.55. The zero-order valence-corrected chi connectivity index (χ0v) is 13.3. The third-order valence-electron chi connectivity index (χ3n) is 3.81. The minimum Gasteiger partial charge on any atom is -0.352 e. The molecule has 2 aromatic heterocycles. The number of aromatic nitrogens is 4. The molecule has 4 rings (SSSR count). The molecule has 1 aliphatic rings. The van der Waals surface area contributed by atoms with Crippen LogP contribution in [-0.2, 0) is 13.6 Å². The van der Waals surface area contributed by atoms with Crippen molar-refractivity contribution in [2.75, 3.05) is 5.32 Å². The maximum atomic E-state index is 4.58. The molecule has 0 spiro atoms. The Hall–Kier alpha value is -1.82. The average molecular weight is 346 g/mol. The highest BCUT2D eigenvalue weighted by Gasteiger charge is 2.28. The van der Waals surface area contributed by atoms with Crippen molar-refractivity contribution < 1.29 is 0 Å². The highest BCUT2D eigenvalue weighted by molar-refractivity contribution is 9.10. The number of nitrogens with one attached hydrogen (secondary N) is 2. The van der Waals surface area contributed by atoms with Crippen LogP contribution < -0.4 is 5.32 Å². The van der Waals surface area contributed by atoms with E-state index >= 15 is 0 Å². The van der Waals surface area contributed by atoms with E-state index in [4.69, 9.17) is 0 Å². The van der Waals surface area contributed by atoms with Crippen molar-refractivity contribution in [2.24, 2.45) is 7.05 Å². The second-order valence-corrected chi connectivity index (χ2v) is 6.42. The summed E-state index contributed by atoms with van der Waals surface area (Å²) in [6.07, 6.45) is 4.63. The molecule has 6 heteroatoms. The Labute approximate surface area is 130 Å². The van der Waals surface area contributed by atoms with Gasteiger partial charge in [-0.05, 0) is 40.9 Å². The van der Waals surface area contributed by atoms with Gasteiger partial charge in [0.05, 0.1) is 11.2 Å². The normalized spacial score (nSPS) is 14.8. The van der Waals surface area contributed by atoms with Crippen LogP contribution in [0.3, 0.4) is 0 Å². The maximum Gasteiger partial charge on any atom is 0.201 e. The predicted molar refractivity (Wildman–Crippen MR) is 86.3 cm³/mol. The summed E-state index contributed by atoms with van der Waals surface area (Å²) in [6.45, 7) is 0.747. The van der Waals surface area contributed by atoms with Gasteiger partial charge in [0.25, 0.3) is 0 Å². The lowest BCUT2D eigenvalue weighted by Gasteiger charge is -2.02. The van der Waals surface area contributed by atoms with Crippen molar-refractivity contribution in [3.05, 3.63) is 40.1 Å². The number of halogens is 1. The quantitative estimate of drug-likeness (QED) is 0.760. The van der Waals surface area contributed by atoms with Gasteiger partial charge in [-0.25, -0.2) is 4.98 Å². The van der Waals surface area contributed by atoms with Gasteiger partial charge in [-0.1, -0.05) is 6.07 Å². The smallest absolute Gasteiger partial charge is 0.201 e. The first kappa shape index (κ1) is 12.9. The van der Waals surface area contributed by atoms with E-state index in [1.807, 2.05) is 29.9 Å². The number of imidazole rings is 1. The first-order valence-corrected chi connectivity index (χ1v) is 7.90. The summed E-state index contributed by atoms with van der Waals surface area (Å²) < 4.78 is 2.91. The molecule has 0 atom stereocenters. The van der Waals surface area contributed by atoms with Crippen molar-refractivity contribution in [1.29, 1.82) is 0 Å². The Bertz CT molecular complexity index is 800. The van der Waals surface area contributed by atoms with Crippen LogP contribution in [0.25, 0.3) is 11.0 Å². The fraction of sp³-hybridized carbons (Fsp3) is 0.333. The molecule has 2 heterocycles. The summed E-state index contributed by atoms with van der Waals surface area (Å²) in [7, 11) is 1.98. The molecule has 0 aliphatic heterocycles. The Morgan fingerprint density at radius 3 is 3.05 bits per heavy atom. The summed E-state index contributed by atoms with van der Waals surface area (Å²) in [5.74, 6) is 1.45. The van der Waals surface area contributed by atoms with Crippen LogP contribution in [0, 0.1) is 0 Å². The third-order valence-corrected chi connectivity index (χ3v) is 4.45. The van der Waals surface area contributed by atoms with E-state index in [9.17, 15) is 0 Å². The van der Waals surface area contributed by atoms with E-state index in [2.05, 4.69) is 42.5 Å². The maximum absolute atomic E-state index is 4.58. The molecule has 2 N–H and O–H groups in total. The molecule has 3 aromatic rings. The van der Waals surface area contributed by atoms with Gasteiger partial charge >= 0.3 is 0 Å². The molecule has 0 saturated heterocycles. The van der Waals surface area contributed by atoms with Gasteiger partial charge < -0.3 is 10.3 Å². The van der Waals surface area contributed by atoms with Gasteiger partial charge in [0.1, 0.15) is 5.52 Å². The van der Waals surface area contributed by atoms with E-state index in [-0.39, 0.29) is 0 Å². The van der Waals surface area contributed by atoms with Crippen molar-refractivity contribution in [1.82, 2.24) is 19.7 Å². The molecular formula is C15H16BrN5. The van der Waals surface area contributed by atoms with E-state index in [1.54, 1.807) is 0 Å². The Morgan fingerprint density at radius 1 is 1.43 bits per heavy atom. The molecule has 5 nitrogen and oxygen atoms in total. The standard InChI is InChI=1S/C15H16BrN5/c1-21-8-10(13(20-21)9-5-6-9)7-17-15-18-12-4-2-3-11(16)14(12)19-15/h2-4,8-9H,5-7H2,1H3,(H2,17,18,19). The lowest BCUT2D eigenvalue weighted by atomic mass is 10.2. The first-order valence-electron chi connectivity index (χ1n) is 7.11. The van der Waals surface area contributed by atoms with E-state index in [1.165, 1.54) is 24.1 Å². The van der Waals surface area contributed by atoms with Crippen LogP contribution in [0.15, 0.2) is 28.9 Å². The highest BCUT2D eigenvalue weighted by Crippen LogP contribution is 2.40. The van der Waals surface area contributed by atoms with Crippen LogP contribution in [-0.4, -0.2) is 19.7 Å². The number of aryl methyl sites for hydroxylation is 1. The van der Waals surface area contributed by atoms with Crippen LogP contribution in [0.1, 0.15) is 30.0 Å². The summed E-state index contributed by atoms with van der Waals surface area (Å²) in [4.78, 5) is 7.88. The second kappa shape index (κ2) is 4.87. The van der Waals surface area contributed by atoms with E-state index < -0.39 is 0 Å². The summed E-state index contributed by atoms with van der Waals surface area (Å²) in [6, 6.07) is 6.03. The fourth-order valence-electron chi connectivity index (χ4n) is 2.65. The molecular weight excluding hydrogens is 330 g/mol. The average Bonchev–Trinajstić information content (AvgIpc) is 3.10. The van der Waals surface area contributed by atoms with Gasteiger partial charge in [-0.2, -0.15) is 5.10 Å². The number of hydrogen-bond donors (Lipinski definition) is 2. The van der Waals surface area contributed by atoms with Crippen molar-refractivity contribution in [2.45, 2.75) is 25.3 Å². The SMILES string of the molecule is Cn1cc(CNc2nc3c(Br)cccc3[nH]2)c(C2CC2)n1. The first-order chi connectivity index (χ1) is 10.2. The number of hydrogen-bond acceptors (Lipinski definition) is 3. The summed E-state index contributed by atoms with van der Waals surface area (Å²) in [5.41, 5.74) is 4.48. The molecule has 0 bridgehead atoms. The second-order valence-electron chi connectivity index (χ2n) is 5.56. The number of H-pyrrole nitrogens is 1. The minimum atomic E-state index is 0.660. The number of anilines is 1. The van der Waals surface area contributed by atoms with Gasteiger partial charge in [0.15, 0.2) is 0 Å². The molecule has 1 saturated carbocycles. The lowest BCUT2D eigenvalue weighted by molar-refractivity contribution is 0.744. The van der Waals surface area contributed by atoms with Crippen LogP contribution >= 0.6 is 15.9 Å². The minimum absolute atomic E-state index is 0.660. The molecule has 21 heavy (non-hydrogen) atoms. The number of fused-ring (bicyclic) bond motifs is 1. The molecule has 0 unspecified atom stereocenters. The Morgan fingerprint density at radius 2 is 2.29 bits per heavy atom. The monoisotopic (exact) mass is 345 g/mol. The molecule has 0 radical (unpaired) electrons. The Kier molecular flexibility index (Phi) is 2.99. The molecule has 1 aliphatic carbocycles. The largest absolute Gasteiger partial charge is 0.352 e. The molecule has 108 valence electrons. The molecule has 1 aromatic carbocycles. The zero-order valence-electron chi connectivity index (χ0n) is 11.7. The number of aromatic amines is 1. The van der Waals surface area contributed by atoms with Gasteiger partial charge in [0, 0.05) is 35.7 Å². The highest BCUT2D eigenvalue weighted by atomic mass is 79.9.